The Kier molecular flexibility index (Phi) is 5.21. The highest BCUT2D eigenvalue weighted by atomic mass is 16.5. The number of amides is 1. The van der Waals surface area contributed by atoms with E-state index in [2.05, 4.69) is 26.1 Å². The first-order chi connectivity index (χ1) is 10.5. The molecule has 0 aromatic heterocycles. The fourth-order valence-corrected chi connectivity index (χ4v) is 2.25. The lowest BCUT2D eigenvalue weighted by Gasteiger charge is -2.14. The van der Waals surface area contributed by atoms with Gasteiger partial charge >= 0.3 is 0 Å². The number of carbonyl (C=O) groups is 1. The van der Waals surface area contributed by atoms with Crippen molar-refractivity contribution in [3.63, 3.8) is 0 Å². The second-order valence-corrected chi connectivity index (χ2v) is 5.82. The molecule has 0 atom stereocenters. The molecule has 0 saturated heterocycles. The van der Waals surface area contributed by atoms with Gasteiger partial charge in [-0.15, -0.1) is 0 Å². The first-order valence-corrected chi connectivity index (χ1v) is 7.56. The molecule has 1 N–H and O–H groups in total. The summed E-state index contributed by atoms with van der Waals surface area (Å²) in [6.07, 6.45) is 0. The SMILES string of the molecule is Cc1ccc(OCC(=O)Nc2ccccc2C(C)C)cc1C. The number of para-hydroxylation sites is 1. The third-order valence-corrected chi connectivity index (χ3v) is 3.71. The molecule has 3 nitrogen and oxygen atoms in total. The summed E-state index contributed by atoms with van der Waals surface area (Å²) in [5.41, 5.74) is 4.35. The predicted molar refractivity (Wildman–Crippen MR) is 90.6 cm³/mol. The quantitative estimate of drug-likeness (QED) is 0.885. The van der Waals surface area contributed by atoms with Gasteiger partial charge in [0, 0.05) is 5.69 Å². The van der Waals surface area contributed by atoms with E-state index in [1.54, 1.807) is 0 Å². The molecule has 0 bridgehead atoms. The van der Waals surface area contributed by atoms with Crippen LogP contribution in [0.15, 0.2) is 42.5 Å². The van der Waals surface area contributed by atoms with Gasteiger partial charge in [-0.1, -0.05) is 38.1 Å². The Morgan fingerprint density at radius 2 is 1.82 bits per heavy atom. The molecular formula is C19H23NO2. The van der Waals surface area contributed by atoms with Gasteiger partial charge in [0.1, 0.15) is 5.75 Å². The van der Waals surface area contributed by atoms with Gasteiger partial charge in [-0.25, -0.2) is 0 Å². The molecule has 0 aliphatic rings. The minimum Gasteiger partial charge on any atom is -0.484 e. The van der Waals surface area contributed by atoms with Crippen LogP contribution in [-0.4, -0.2) is 12.5 Å². The fourth-order valence-electron chi connectivity index (χ4n) is 2.25. The molecule has 0 spiro atoms. The summed E-state index contributed by atoms with van der Waals surface area (Å²) < 4.78 is 5.56. The van der Waals surface area contributed by atoms with Gasteiger partial charge in [0.25, 0.3) is 5.91 Å². The van der Waals surface area contributed by atoms with Gasteiger partial charge in [-0.05, 0) is 54.7 Å². The van der Waals surface area contributed by atoms with E-state index in [9.17, 15) is 4.79 Å². The largest absolute Gasteiger partial charge is 0.484 e. The maximum Gasteiger partial charge on any atom is 0.262 e. The Morgan fingerprint density at radius 1 is 1.09 bits per heavy atom. The number of benzene rings is 2. The number of ether oxygens (including phenoxy) is 1. The summed E-state index contributed by atoms with van der Waals surface area (Å²) >= 11 is 0. The number of aryl methyl sites for hydroxylation is 2. The van der Waals surface area contributed by atoms with Crippen LogP contribution in [0.2, 0.25) is 0 Å². The summed E-state index contributed by atoms with van der Waals surface area (Å²) in [5, 5.41) is 2.92. The minimum absolute atomic E-state index is 0.00886. The molecule has 116 valence electrons. The number of hydrogen-bond donors (Lipinski definition) is 1. The molecule has 0 saturated carbocycles. The standard InChI is InChI=1S/C19H23NO2/c1-13(2)17-7-5-6-8-18(17)20-19(21)12-22-16-10-9-14(3)15(4)11-16/h5-11,13H,12H2,1-4H3,(H,20,21). The van der Waals surface area contributed by atoms with Crippen molar-refractivity contribution in [3.8, 4) is 5.75 Å². The van der Waals surface area contributed by atoms with Crippen LogP contribution in [0.25, 0.3) is 0 Å². The Morgan fingerprint density at radius 3 is 2.50 bits per heavy atom. The molecule has 2 rings (SSSR count). The van der Waals surface area contributed by atoms with Crippen LogP contribution in [0.1, 0.15) is 36.5 Å². The summed E-state index contributed by atoms with van der Waals surface area (Å²) in [6, 6.07) is 13.7. The van der Waals surface area contributed by atoms with Crippen molar-refractivity contribution in [2.75, 3.05) is 11.9 Å². The second kappa shape index (κ2) is 7.12. The topological polar surface area (TPSA) is 38.3 Å². The molecule has 3 heteroatoms. The lowest BCUT2D eigenvalue weighted by atomic mass is 10.0. The number of anilines is 1. The van der Waals surface area contributed by atoms with E-state index in [0.717, 1.165) is 22.6 Å². The van der Waals surface area contributed by atoms with Crippen molar-refractivity contribution in [1.29, 1.82) is 0 Å². The van der Waals surface area contributed by atoms with Crippen molar-refractivity contribution < 1.29 is 9.53 Å². The first kappa shape index (κ1) is 16.1. The smallest absolute Gasteiger partial charge is 0.262 e. The van der Waals surface area contributed by atoms with Gasteiger partial charge in [0.2, 0.25) is 0 Å². The Hall–Kier alpha value is -2.29. The molecule has 2 aromatic carbocycles. The highest BCUT2D eigenvalue weighted by Crippen LogP contribution is 2.23. The third kappa shape index (κ3) is 4.10. The van der Waals surface area contributed by atoms with Crippen LogP contribution in [0.4, 0.5) is 5.69 Å². The van der Waals surface area contributed by atoms with Crippen molar-refractivity contribution in [1.82, 2.24) is 0 Å². The molecule has 0 heterocycles. The van der Waals surface area contributed by atoms with E-state index in [-0.39, 0.29) is 12.5 Å². The average molecular weight is 297 g/mol. The maximum atomic E-state index is 12.1. The number of carbonyl (C=O) groups excluding carboxylic acids is 1. The van der Waals surface area contributed by atoms with Crippen molar-refractivity contribution in [2.45, 2.75) is 33.6 Å². The van der Waals surface area contributed by atoms with E-state index >= 15 is 0 Å². The molecule has 1 amide bonds. The van der Waals surface area contributed by atoms with Gasteiger partial charge in [0.05, 0.1) is 0 Å². The van der Waals surface area contributed by atoms with Gasteiger partial charge in [-0.2, -0.15) is 0 Å². The summed E-state index contributed by atoms with van der Waals surface area (Å²) in [7, 11) is 0. The van der Waals surface area contributed by atoms with Crippen molar-refractivity contribution in [3.05, 3.63) is 59.2 Å². The van der Waals surface area contributed by atoms with E-state index in [1.165, 1.54) is 5.56 Å². The second-order valence-electron chi connectivity index (χ2n) is 5.82. The number of hydrogen-bond acceptors (Lipinski definition) is 2. The Labute approximate surface area is 132 Å². The van der Waals surface area contributed by atoms with Crippen LogP contribution in [0.5, 0.6) is 5.75 Å². The summed E-state index contributed by atoms with van der Waals surface area (Å²) in [4.78, 5) is 12.1. The zero-order valence-electron chi connectivity index (χ0n) is 13.6. The lowest BCUT2D eigenvalue weighted by molar-refractivity contribution is -0.118. The monoisotopic (exact) mass is 297 g/mol. The van der Waals surface area contributed by atoms with Crippen LogP contribution >= 0.6 is 0 Å². The van der Waals surface area contributed by atoms with E-state index < -0.39 is 0 Å². The van der Waals surface area contributed by atoms with Gasteiger partial charge in [-0.3, -0.25) is 4.79 Å². The minimum atomic E-state index is -0.147. The normalized spacial score (nSPS) is 10.6. The molecule has 22 heavy (non-hydrogen) atoms. The molecule has 0 radical (unpaired) electrons. The molecule has 2 aromatic rings. The molecular weight excluding hydrogens is 274 g/mol. The van der Waals surface area contributed by atoms with Crippen molar-refractivity contribution >= 4 is 11.6 Å². The molecule has 0 unspecified atom stereocenters. The van der Waals surface area contributed by atoms with E-state index in [4.69, 9.17) is 4.74 Å². The average Bonchev–Trinajstić information content (AvgIpc) is 2.49. The van der Waals surface area contributed by atoms with E-state index in [1.807, 2.05) is 49.4 Å². The van der Waals surface area contributed by atoms with Crippen LogP contribution in [0, 0.1) is 13.8 Å². The number of nitrogens with one attached hydrogen (secondary N) is 1. The number of rotatable bonds is 5. The highest BCUT2D eigenvalue weighted by molar-refractivity contribution is 5.92. The molecule has 0 fully saturated rings. The van der Waals surface area contributed by atoms with Gasteiger partial charge < -0.3 is 10.1 Å². The third-order valence-electron chi connectivity index (χ3n) is 3.71. The Balaban J connectivity index is 1.97. The maximum absolute atomic E-state index is 12.1. The Bertz CT molecular complexity index is 662. The van der Waals surface area contributed by atoms with Crippen LogP contribution in [-0.2, 0) is 4.79 Å². The zero-order valence-corrected chi connectivity index (χ0v) is 13.6. The van der Waals surface area contributed by atoms with Crippen molar-refractivity contribution in [2.24, 2.45) is 0 Å². The summed E-state index contributed by atoms with van der Waals surface area (Å²) in [6.45, 7) is 8.30. The lowest BCUT2D eigenvalue weighted by Crippen LogP contribution is -2.21. The van der Waals surface area contributed by atoms with Crippen LogP contribution < -0.4 is 10.1 Å². The van der Waals surface area contributed by atoms with Gasteiger partial charge in [0.15, 0.2) is 6.61 Å². The highest BCUT2D eigenvalue weighted by Gasteiger charge is 2.09. The first-order valence-electron chi connectivity index (χ1n) is 7.56. The summed E-state index contributed by atoms with van der Waals surface area (Å²) in [5.74, 6) is 0.930. The zero-order chi connectivity index (χ0) is 16.1. The molecule has 0 aliphatic carbocycles. The fraction of sp³-hybridized carbons (Fsp3) is 0.316. The van der Waals surface area contributed by atoms with Crippen LogP contribution in [0.3, 0.4) is 0 Å². The van der Waals surface area contributed by atoms with E-state index in [0.29, 0.717) is 5.92 Å². The predicted octanol–water partition coefficient (Wildman–Crippen LogP) is 4.44. The molecule has 0 aliphatic heterocycles.